The maximum Gasteiger partial charge on any atom is 0.325 e. The summed E-state index contributed by atoms with van der Waals surface area (Å²) in [7, 11) is 0. The first kappa shape index (κ1) is 19.2. The number of hydrogen-bond donors (Lipinski definition) is 2. The Morgan fingerprint density at radius 2 is 1.88 bits per heavy atom. The predicted octanol–water partition coefficient (Wildman–Crippen LogP) is 2.28. The molecule has 2 fully saturated rings. The monoisotopic (exact) mass is 339 g/mol. The molecular weight excluding hydrogens is 306 g/mol. The number of nitrogens with one attached hydrogen (secondary N) is 2. The Balaban J connectivity index is 2.35. The van der Waals surface area contributed by atoms with Gasteiger partial charge in [0.25, 0.3) is 5.91 Å². The lowest BCUT2D eigenvalue weighted by molar-refractivity contribution is -0.139. The second-order valence-corrected chi connectivity index (χ2v) is 7.76. The third-order valence-electron chi connectivity index (χ3n) is 6.33. The maximum absolute atomic E-state index is 13.3. The van der Waals surface area contributed by atoms with Gasteiger partial charge in [0.2, 0.25) is 0 Å². The minimum atomic E-state index is -0.829. The Bertz CT molecular complexity index is 512. The molecule has 2 heterocycles. The van der Waals surface area contributed by atoms with E-state index in [0.29, 0.717) is 26.2 Å². The standard InChI is InChI=1S/C18H33N3O3/c1-7-16(5)12-18(13(4)17(6,8-2)20-16)14(22)21(15(23)19-18)10-11-24-9-3/h13,20H,7-12H2,1-6H3,(H,19,23). The Morgan fingerprint density at radius 1 is 1.21 bits per heavy atom. The van der Waals surface area contributed by atoms with Gasteiger partial charge in [-0.15, -0.1) is 0 Å². The predicted molar refractivity (Wildman–Crippen MR) is 93.8 cm³/mol. The van der Waals surface area contributed by atoms with Gasteiger partial charge in [-0.1, -0.05) is 20.8 Å². The summed E-state index contributed by atoms with van der Waals surface area (Å²) in [5.74, 6) is -0.0938. The number of rotatable bonds is 6. The van der Waals surface area contributed by atoms with E-state index in [0.717, 1.165) is 12.8 Å². The van der Waals surface area contributed by atoms with Crippen molar-refractivity contribution in [3.05, 3.63) is 0 Å². The number of piperidine rings is 1. The van der Waals surface area contributed by atoms with Gasteiger partial charge in [0.15, 0.2) is 0 Å². The van der Waals surface area contributed by atoms with Gasteiger partial charge >= 0.3 is 6.03 Å². The summed E-state index contributed by atoms with van der Waals surface area (Å²) in [6, 6.07) is -0.287. The minimum Gasteiger partial charge on any atom is -0.380 e. The lowest BCUT2D eigenvalue weighted by Gasteiger charge is -2.56. The quantitative estimate of drug-likeness (QED) is 0.575. The smallest absolute Gasteiger partial charge is 0.325 e. The molecule has 0 aromatic carbocycles. The topological polar surface area (TPSA) is 70.7 Å². The molecule has 3 amide bonds. The van der Waals surface area contributed by atoms with E-state index in [9.17, 15) is 9.59 Å². The van der Waals surface area contributed by atoms with Crippen LogP contribution >= 0.6 is 0 Å². The van der Waals surface area contributed by atoms with Gasteiger partial charge in [-0.25, -0.2) is 4.79 Å². The van der Waals surface area contributed by atoms with Crippen LogP contribution in [0.4, 0.5) is 4.79 Å². The second-order valence-electron chi connectivity index (χ2n) is 7.76. The molecular formula is C18H33N3O3. The van der Waals surface area contributed by atoms with Gasteiger partial charge < -0.3 is 15.4 Å². The molecule has 2 N–H and O–H groups in total. The maximum atomic E-state index is 13.3. The number of nitrogens with zero attached hydrogens (tertiary/aromatic N) is 1. The largest absolute Gasteiger partial charge is 0.380 e. The summed E-state index contributed by atoms with van der Waals surface area (Å²) in [6.07, 6.45) is 2.41. The molecule has 0 aliphatic carbocycles. The average molecular weight is 339 g/mol. The summed E-state index contributed by atoms with van der Waals surface area (Å²) in [4.78, 5) is 27.1. The van der Waals surface area contributed by atoms with E-state index in [-0.39, 0.29) is 28.9 Å². The molecule has 6 heteroatoms. The van der Waals surface area contributed by atoms with Crippen LogP contribution in [-0.2, 0) is 9.53 Å². The van der Waals surface area contributed by atoms with Crippen LogP contribution < -0.4 is 10.6 Å². The van der Waals surface area contributed by atoms with Crippen molar-refractivity contribution in [1.82, 2.24) is 15.5 Å². The van der Waals surface area contributed by atoms with Gasteiger partial charge in [-0.3, -0.25) is 9.69 Å². The number of urea groups is 1. The summed E-state index contributed by atoms with van der Waals surface area (Å²) >= 11 is 0. The lowest BCUT2D eigenvalue weighted by Crippen LogP contribution is -2.74. The molecule has 138 valence electrons. The highest BCUT2D eigenvalue weighted by Crippen LogP contribution is 2.46. The fourth-order valence-electron chi connectivity index (χ4n) is 4.32. The number of imide groups is 1. The van der Waals surface area contributed by atoms with E-state index >= 15 is 0 Å². The van der Waals surface area contributed by atoms with Gasteiger partial charge in [0, 0.05) is 23.6 Å². The highest BCUT2D eigenvalue weighted by molar-refractivity contribution is 6.07. The van der Waals surface area contributed by atoms with Crippen molar-refractivity contribution in [3.63, 3.8) is 0 Å². The summed E-state index contributed by atoms with van der Waals surface area (Å²) in [5.41, 5.74) is -1.22. The van der Waals surface area contributed by atoms with Crippen LogP contribution in [0, 0.1) is 5.92 Å². The number of carbonyl (C=O) groups is 2. The van der Waals surface area contributed by atoms with E-state index in [4.69, 9.17) is 4.74 Å². The molecule has 4 unspecified atom stereocenters. The molecule has 2 rings (SSSR count). The molecule has 6 nitrogen and oxygen atoms in total. The second kappa shape index (κ2) is 6.64. The Kier molecular flexibility index (Phi) is 5.31. The van der Waals surface area contributed by atoms with Crippen molar-refractivity contribution in [1.29, 1.82) is 0 Å². The van der Waals surface area contributed by atoms with Crippen LogP contribution in [0.2, 0.25) is 0 Å². The molecule has 0 aromatic rings. The lowest BCUT2D eigenvalue weighted by atomic mass is 9.61. The van der Waals surface area contributed by atoms with Gasteiger partial charge in [-0.2, -0.15) is 0 Å². The van der Waals surface area contributed by atoms with Crippen LogP contribution in [0.3, 0.4) is 0 Å². The Morgan fingerprint density at radius 3 is 2.42 bits per heavy atom. The van der Waals surface area contributed by atoms with E-state index in [1.54, 1.807) is 0 Å². The molecule has 2 saturated heterocycles. The molecule has 0 bridgehead atoms. The van der Waals surface area contributed by atoms with Crippen LogP contribution in [0.1, 0.15) is 60.8 Å². The zero-order chi connectivity index (χ0) is 18.2. The zero-order valence-corrected chi connectivity index (χ0v) is 16.0. The highest BCUT2D eigenvalue weighted by atomic mass is 16.5. The molecule has 24 heavy (non-hydrogen) atoms. The first-order valence-corrected chi connectivity index (χ1v) is 9.19. The van der Waals surface area contributed by atoms with E-state index in [1.165, 1.54) is 4.90 Å². The Hall–Kier alpha value is -1.14. The Labute approximate surface area is 145 Å². The molecule has 0 saturated carbocycles. The summed E-state index contributed by atoms with van der Waals surface area (Å²) in [5, 5.41) is 6.83. The highest BCUT2D eigenvalue weighted by Gasteiger charge is 2.63. The van der Waals surface area contributed by atoms with Crippen molar-refractivity contribution < 1.29 is 14.3 Å². The van der Waals surface area contributed by atoms with Gasteiger partial charge in [0.05, 0.1) is 13.2 Å². The fourth-order valence-corrected chi connectivity index (χ4v) is 4.32. The molecule has 1 spiro atoms. The normalized spacial score (nSPS) is 39.6. The van der Waals surface area contributed by atoms with Gasteiger partial charge in [0.1, 0.15) is 5.54 Å². The summed E-state index contributed by atoms with van der Waals surface area (Å²) in [6.45, 7) is 13.8. The fraction of sp³-hybridized carbons (Fsp3) is 0.889. The zero-order valence-electron chi connectivity index (χ0n) is 16.0. The number of amides is 3. The average Bonchev–Trinajstić information content (AvgIpc) is 2.77. The van der Waals surface area contributed by atoms with Crippen molar-refractivity contribution in [2.45, 2.75) is 77.4 Å². The number of carbonyl (C=O) groups excluding carboxylic acids is 2. The van der Waals surface area contributed by atoms with Crippen LogP contribution in [0.15, 0.2) is 0 Å². The van der Waals surface area contributed by atoms with Crippen molar-refractivity contribution in [2.24, 2.45) is 5.92 Å². The van der Waals surface area contributed by atoms with Crippen molar-refractivity contribution >= 4 is 11.9 Å². The van der Waals surface area contributed by atoms with Crippen molar-refractivity contribution in [3.8, 4) is 0 Å². The van der Waals surface area contributed by atoms with E-state index in [1.807, 2.05) is 6.92 Å². The summed E-state index contributed by atoms with van der Waals surface area (Å²) < 4.78 is 5.33. The first-order chi connectivity index (χ1) is 11.2. The van der Waals surface area contributed by atoms with Gasteiger partial charge in [-0.05, 0) is 40.0 Å². The van der Waals surface area contributed by atoms with E-state index < -0.39 is 5.54 Å². The van der Waals surface area contributed by atoms with Crippen LogP contribution in [0.5, 0.6) is 0 Å². The van der Waals surface area contributed by atoms with Crippen molar-refractivity contribution in [2.75, 3.05) is 19.8 Å². The molecule has 2 aliphatic rings. The number of ether oxygens (including phenoxy) is 1. The van der Waals surface area contributed by atoms with E-state index in [2.05, 4.69) is 45.3 Å². The molecule has 2 aliphatic heterocycles. The molecule has 0 aromatic heterocycles. The third kappa shape index (κ3) is 2.94. The SMILES string of the molecule is CCOCCN1C(=O)NC2(CC(C)(CC)NC(C)(CC)C2C)C1=O. The molecule has 0 radical (unpaired) electrons. The van der Waals surface area contributed by atoms with Crippen LogP contribution in [0.25, 0.3) is 0 Å². The third-order valence-corrected chi connectivity index (χ3v) is 6.33. The minimum absolute atomic E-state index is 0.00293. The number of hydrogen-bond acceptors (Lipinski definition) is 4. The van der Waals surface area contributed by atoms with Crippen LogP contribution in [-0.4, -0.2) is 53.2 Å². The first-order valence-electron chi connectivity index (χ1n) is 9.19. The molecule has 4 atom stereocenters.